The molecular formula is C21H19N3. The van der Waals surface area contributed by atoms with E-state index < -0.39 is 0 Å². The monoisotopic (exact) mass is 313 g/mol. The summed E-state index contributed by atoms with van der Waals surface area (Å²) >= 11 is 0. The molecule has 0 fully saturated rings. The standard InChI is InChI=1S/C21H19N3/c1-15(11-12-22)17-6-4-7-19(13-17)24-21-18(14-23)10-9-16-5-2-3-8-20(16)21/h2-14,22-24H,1H3/b15-11+,22-12?,23-14?. The van der Waals surface area contributed by atoms with Crippen LogP contribution in [-0.2, 0) is 0 Å². The predicted molar refractivity (Wildman–Crippen MR) is 104 cm³/mol. The lowest BCUT2D eigenvalue weighted by Gasteiger charge is -2.14. The fourth-order valence-corrected chi connectivity index (χ4v) is 2.76. The fraction of sp³-hybridized carbons (Fsp3) is 0.0476. The van der Waals surface area contributed by atoms with Crippen LogP contribution in [0.4, 0.5) is 11.4 Å². The average molecular weight is 313 g/mol. The van der Waals surface area contributed by atoms with E-state index in [-0.39, 0.29) is 0 Å². The van der Waals surface area contributed by atoms with Crippen molar-refractivity contribution in [2.75, 3.05) is 5.32 Å². The van der Waals surface area contributed by atoms with Gasteiger partial charge in [-0.3, -0.25) is 0 Å². The number of nitrogens with one attached hydrogen (secondary N) is 3. The zero-order valence-corrected chi connectivity index (χ0v) is 13.5. The van der Waals surface area contributed by atoms with Crippen LogP contribution in [0.25, 0.3) is 16.3 Å². The molecule has 0 atom stereocenters. The van der Waals surface area contributed by atoms with Gasteiger partial charge in [0.1, 0.15) is 0 Å². The Balaban J connectivity index is 2.07. The number of fused-ring (bicyclic) bond motifs is 1. The zero-order valence-electron chi connectivity index (χ0n) is 13.5. The number of rotatable bonds is 5. The van der Waals surface area contributed by atoms with Crippen LogP contribution >= 0.6 is 0 Å². The van der Waals surface area contributed by atoms with Gasteiger partial charge in [-0.25, -0.2) is 0 Å². The molecule has 0 aliphatic heterocycles. The molecule has 3 N–H and O–H groups in total. The van der Waals surface area contributed by atoms with Gasteiger partial charge in [-0.2, -0.15) is 0 Å². The van der Waals surface area contributed by atoms with Gasteiger partial charge >= 0.3 is 0 Å². The molecule has 0 spiro atoms. The van der Waals surface area contributed by atoms with Gasteiger partial charge in [-0.15, -0.1) is 0 Å². The second-order valence-electron chi connectivity index (χ2n) is 5.62. The SMILES string of the molecule is C/C(=C\C=N)c1cccc(Nc2c(C=N)ccc3ccccc23)c1. The molecule has 118 valence electrons. The van der Waals surface area contributed by atoms with Crippen molar-refractivity contribution in [2.24, 2.45) is 0 Å². The van der Waals surface area contributed by atoms with Crippen LogP contribution in [0.3, 0.4) is 0 Å². The Morgan fingerprint density at radius 3 is 2.58 bits per heavy atom. The molecule has 3 rings (SSSR count). The maximum absolute atomic E-state index is 7.69. The Kier molecular flexibility index (Phi) is 4.52. The van der Waals surface area contributed by atoms with Crippen LogP contribution in [0.1, 0.15) is 18.1 Å². The summed E-state index contributed by atoms with van der Waals surface area (Å²) in [4.78, 5) is 0. The average Bonchev–Trinajstić information content (AvgIpc) is 2.62. The van der Waals surface area contributed by atoms with Crippen molar-refractivity contribution in [3.05, 3.63) is 77.9 Å². The van der Waals surface area contributed by atoms with Crippen molar-refractivity contribution in [3.8, 4) is 0 Å². The van der Waals surface area contributed by atoms with E-state index in [2.05, 4.69) is 23.5 Å². The Morgan fingerprint density at radius 2 is 1.79 bits per heavy atom. The van der Waals surface area contributed by atoms with Crippen molar-refractivity contribution in [3.63, 3.8) is 0 Å². The summed E-state index contributed by atoms with van der Waals surface area (Å²) in [6, 6.07) is 20.3. The number of benzene rings is 3. The summed E-state index contributed by atoms with van der Waals surface area (Å²) in [5.74, 6) is 0. The molecule has 0 aromatic heterocycles. The number of allylic oxidation sites excluding steroid dienone is 2. The van der Waals surface area contributed by atoms with Crippen LogP contribution in [0.5, 0.6) is 0 Å². The van der Waals surface area contributed by atoms with E-state index in [1.54, 1.807) is 6.08 Å². The topological polar surface area (TPSA) is 59.7 Å². The van der Waals surface area contributed by atoms with Crippen molar-refractivity contribution in [1.29, 1.82) is 10.8 Å². The number of anilines is 2. The number of hydrogen-bond acceptors (Lipinski definition) is 3. The van der Waals surface area contributed by atoms with Gasteiger partial charge in [0.2, 0.25) is 0 Å². The molecule has 3 nitrogen and oxygen atoms in total. The summed E-state index contributed by atoms with van der Waals surface area (Å²) in [7, 11) is 0. The second kappa shape index (κ2) is 6.92. The van der Waals surface area contributed by atoms with Crippen LogP contribution in [0, 0.1) is 10.8 Å². The highest BCUT2D eigenvalue weighted by Gasteiger charge is 2.07. The third kappa shape index (κ3) is 3.10. The third-order valence-electron chi connectivity index (χ3n) is 4.04. The van der Waals surface area contributed by atoms with E-state index in [9.17, 15) is 0 Å². The van der Waals surface area contributed by atoms with Gasteiger partial charge in [0, 0.05) is 29.1 Å². The molecule has 0 radical (unpaired) electrons. The van der Waals surface area contributed by atoms with Gasteiger partial charge < -0.3 is 16.1 Å². The molecular weight excluding hydrogens is 294 g/mol. The summed E-state index contributed by atoms with van der Waals surface area (Å²) in [5, 5.41) is 20.6. The molecule has 24 heavy (non-hydrogen) atoms. The largest absolute Gasteiger partial charge is 0.354 e. The molecule has 0 saturated carbocycles. The van der Waals surface area contributed by atoms with E-state index in [1.807, 2.05) is 49.4 Å². The Morgan fingerprint density at radius 1 is 0.958 bits per heavy atom. The van der Waals surface area contributed by atoms with Crippen molar-refractivity contribution >= 4 is 40.1 Å². The Hall–Kier alpha value is -3.20. The number of hydrogen-bond donors (Lipinski definition) is 3. The van der Waals surface area contributed by atoms with Crippen LogP contribution in [0.2, 0.25) is 0 Å². The highest BCUT2D eigenvalue weighted by Crippen LogP contribution is 2.30. The van der Waals surface area contributed by atoms with E-state index in [4.69, 9.17) is 10.8 Å². The highest BCUT2D eigenvalue weighted by atomic mass is 14.9. The molecule has 0 aliphatic rings. The van der Waals surface area contributed by atoms with E-state index in [1.165, 1.54) is 12.4 Å². The molecule has 3 aromatic carbocycles. The quantitative estimate of drug-likeness (QED) is 0.525. The molecule has 3 heteroatoms. The van der Waals surface area contributed by atoms with Gasteiger partial charge in [0.15, 0.2) is 0 Å². The first-order valence-corrected chi connectivity index (χ1v) is 7.80. The lowest BCUT2D eigenvalue weighted by Crippen LogP contribution is -1.97. The molecule has 0 amide bonds. The lowest BCUT2D eigenvalue weighted by molar-refractivity contribution is 1.50. The summed E-state index contributed by atoms with van der Waals surface area (Å²) in [6.07, 6.45) is 4.45. The van der Waals surface area contributed by atoms with E-state index in [0.717, 1.165) is 38.8 Å². The lowest BCUT2D eigenvalue weighted by atomic mass is 10.0. The molecule has 0 aliphatic carbocycles. The first-order chi connectivity index (χ1) is 11.7. The van der Waals surface area contributed by atoms with Crippen LogP contribution in [-0.4, -0.2) is 12.4 Å². The van der Waals surface area contributed by atoms with Gasteiger partial charge in [-0.1, -0.05) is 48.5 Å². The molecule has 3 aromatic rings. The minimum absolute atomic E-state index is 0.853. The van der Waals surface area contributed by atoms with E-state index in [0.29, 0.717) is 0 Å². The first-order valence-electron chi connectivity index (χ1n) is 7.80. The van der Waals surface area contributed by atoms with E-state index >= 15 is 0 Å². The minimum atomic E-state index is 0.853. The highest BCUT2D eigenvalue weighted by molar-refractivity contribution is 6.04. The molecule has 0 unspecified atom stereocenters. The normalized spacial score (nSPS) is 11.3. The summed E-state index contributed by atoms with van der Waals surface area (Å²) in [5.41, 5.74) is 4.86. The van der Waals surface area contributed by atoms with Crippen LogP contribution < -0.4 is 5.32 Å². The summed E-state index contributed by atoms with van der Waals surface area (Å²) < 4.78 is 0. The zero-order chi connectivity index (χ0) is 16.9. The van der Waals surface area contributed by atoms with Gasteiger partial charge in [0.05, 0.1) is 5.69 Å². The van der Waals surface area contributed by atoms with Gasteiger partial charge in [0.25, 0.3) is 0 Å². The van der Waals surface area contributed by atoms with Crippen molar-refractivity contribution in [1.82, 2.24) is 0 Å². The summed E-state index contributed by atoms with van der Waals surface area (Å²) in [6.45, 7) is 1.99. The van der Waals surface area contributed by atoms with Crippen molar-refractivity contribution in [2.45, 2.75) is 6.92 Å². The Labute approximate surface area is 141 Å². The third-order valence-corrected chi connectivity index (χ3v) is 4.04. The second-order valence-corrected chi connectivity index (χ2v) is 5.62. The molecule has 0 heterocycles. The predicted octanol–water partition coefficient (Wildman–Crippen LogP) is 5.63. The molecule has 0 bridgehead atoms. The smallest absolute Gasteiger partial charge is 0.0552 e. The first kappa shape index (κ1) is 15.7. The Bertz CT molecular complexity index is 939. The van der Waals surface area contributed by atoms with Crippen molar-refractivity contribution < 1.29 is 0 Å². The van der Waals surface area contributed by atoms with Gasteiger partial charge in [-0.05, 0) is 41.7 Å². The maximum atomic E-state index is 7.69. The maximum Gasteiger partial charge on any atom is 0.0552 e. The van der Waals surface area contributed by atoms with Crippen LogP contribution in [0.15, 0.2) is 66.7 Å². The minimum Gasteiger partial charge on any atom is -0.354 e. The fourth-order valence-electron chi connectivity index (χ4n) is 2.76. The molecule has 0 saturated heterocycles.